The fourth-order valence-electron chi connectivity index (χ4n) is 3.69. The Hall–Kier alpha value is -1.69. The molecule has 0 N–H and O–H groups in total. The van der Waals surface area contributed by atoms with E-state index in [1.165, 1.54) is 36.0 Å². The third-order valence-corrected chi connectivity index (χ3v) is 4.47. The van der Waals surface area contributed by atoms with Gasteiger partial charge in [0.15, 0.2) is 0 Å². The van der Waals surface area contributed by atoms with Crippen molar-refractivity contribution in [2.75, 3.05) is 0 Å². The van der Waals surface area contributed by atoms with Crippen LogP contribution in [0.25, 0.3) is 11.1 Å². The topological polar surface area (TPSA) is 0 Å². The second kappa shape index (κ2) is 3.65. The summed E-state index contributed by atoms with van der Waals surface area (Å²) >= 11 is 0. The smallest absolute Gasteiger partial charge is 0.0618 e. The van der Waals surface area contributed by atoms with Crippen molar-refractivity contribution in [3.63, 3.8) is 0 Å². The predicted molar refractivity (Wildman–Crippen MR) is 75.6 cm³/mol. The van der Waals surface area contributed by atoms with Crippen LogP contribution >= 0.6 is 0 Å². The molecule has 0 spiro atoms. The van der Waals surface area contributed by atoms with E-state index in [1.807, 2.05) is 0 Å². The van der Waals surface area contributed by atoms with Gasteiger partial charge in [0, 0.05) is 42.9 Å². The van der Waals surface area contributed by atoms with Crippen molar-refractivity contribution in [1.29, 1.82) is 0 Å². The van der Waals surface area contributed by atoms with Crippen molar-refractivity contribution >= 4 is 0 Å². The molecular weight excluding hydrogens is 216 g/mol. The number of hydrogen-bond acceptors (Lipinski definition) is 0. The lowest BCUT2D eigenvalue weighted by molar-refractivity contribution is 0.898. The average molecular weight is 233 g/mol. The second-order valence-corrected chi connectivity index (χ2v) is 5.59. The van der Waals surface area contributed by atoms with Gasteiger partial charge in [0.1, 0.15) is 5.56 Å². The molecule has 2 aromatic carbocycles. The number of aryl methyl sites for hydroxylation is 1. The van der Waals surface area contributed by atoms with Crippen molar-refractivity contribution in [2.24, 2.45) is 0 Å². The molecule has 0 aliphatic heterocycles. The number of fused-ring (bicyclic) bond motifs is 5. The molecule has 0 amide bonds. The van der Waals surface area contributed by atoms with E-state index in [-0.39, 0.29) is 0 Å². The molecule has 2 aliphatic rings. The van der Waals surface area contributed by atoms with Crippen LogP contribution in [0.5, 0.6) is 0 Å². The van der Waals surface area contributed by atoms with E-state index in [9.17, 15) is 0 Å². The van der Waals surface area contributed by atoms with Crippen LogP contribution in [-0.4, -0.2) is 0 Å². The Bertz CT molecular complexity index is 622. The highest BCUT2D eigenvalue weighted by Gasteiger charge is 2.34. The minimum absolute atomic E-state index is 1.12. The third kappa shape index (κ3) is 1.29. The normalized spacial score (nSPS) is 16.2. The minimum atomic E-state index is 1.12. The van der Waals surface area contributed by atoms with Gasteiger partial charge in [0.2, 0.25) is 0 Å². The molecule has 0 heteroatoms. The van der Waals surface area contributed by atoms with E-state index in [0.29, 0.717) is 0 Å². The highest BCUT2D eigenvalue weighted by atomic mass is 14.3. The number of hydrogen-bond donors (Lipinski definition) is 0. The number of rotatable bonds is 0. The number of benzene rings is 2. The summed E-state index contributed by atoms with van der Waals surface area (Å²) in [7, 11) is 0. The predicted octanol–water partition coefficient (Wildman–Crippen LogP) is 4.34. The molecule has 2 aliphatic carbocycles. The summed E-state index contributed by atoms with van der Waals surface area (Å²) < 4.78 is 0. The van der Waals surface area contributed by atoms with Crippen LogP contribution in [0.2, 0.25) is 0 Å². The fraction of sp³-hybridized carbons (Fsp3) is 0.278. The van der Waals surface area contributed by atoms with Crippen molar-refractivity contribution in [1.82, 2.24) is 0 Å². The van der Waals surface area contributed by atoms with Gasteiger partial charge in [0.05, 0.1) is 11.1 Å². The largest absolute Gasteiger partial charge is 0.144 e. The summed E-state index contributed by atoms with van der Waals surface area (Å²) in [6.45, 7) is 2.31. The molecule has 0 unspecified atom stereocenters. The standard InChI is InChI=1S/C18H17/c1-12-11-14-5-2-3-7-15(14)17-10-9-13-6-4-8-16(13)18(12)17/h2-3,5,7,9-10H,4,6,8,11H2,1H3/q+1. The molecule has 4 rings (SSSR count). The van der Waals surface area contributed by atoms with Gasteiger partial charge in [-0.2, -0.15) is 0 Å². The Morgan fingerprint density at radius 2 is 1.78 bits per heavy atom. The van der Waals surface area contributed by atoms with Gasteiger partial charge >= 0.3 is 0 Å². The summed E-state index contributed by atoms with van der Waals surface area (Å²) in [6.07, 6.45) is 5.01. The van der Waals surface area contributed by atoms with E-state index in [1.54, 1.807) is 22.6 Å². The fourth-order valence-corrected chi connectivity index (χ4v) is 3.69. The van der Waals surface area contributed by atoms with Gasteiger partial charge in [-0.25, -0.2) is 0 Å². The second-order valence-electron chi connectivity index (χ2n) is 5.59. The van der Waals surface area contributed by atoms with E-state index in [0.717, 1.165) is 6.42 Å². The maximum absolute atomic E-state index is 2.36. The van der Waals surface area contributed by atoms with Gasteiger partial charge in [-0.1, -0.05) is 18.2 Å². The lowest BCUT2D eigenvalue weighted by atomic mass is 9.77. The molecule has 0 radical (unpaired) electrons. The summed E-state index contributed by atoms with van der Waals surface area (Å²) in [5.41, 5.74) is 9.21. The van der Waals surface area contributed by atoms with Crippen LogP contribution < -0.4 is 0 Å². The SMILES string of the molecule is C[C+]1Cc2ccccc2-c2ccc3c(c21)CCC3. The van der Waals surface area contributed by atoms with Gasteiger partial charge in [-0.3, -0.25) is 0 Å². The third-order valence-electron chi connectivity index (χ3n) is 4.47. The van der Waals surface area contributed by atoms with Crippen LogP contribution in [0.4, 0.5) is 0 Å². The average Bonchev–Trinajstić information content (AvgIpc) is 2.86. The molecule has 2 aromatic rings. The van der Waals surface area contributed by atoms with Crippen LogP contribution in [0, 0.1) is 5.92 Å². The molecule has 0 saturated heterocycles. The molecule has 18 heavy (non-hydrogen) atoms. The summed E-state index contributed by atoms with van der Waals surface area (Å²) in [5.74, 6) is 1.56. The maximum atomic E-state index is 2.36. The van der Waals surface area contributed by atoms with E-state index < -0.39 is 0 Å². The van der Waals surface area contributed by atoms with Crippen LogP contribution in [0.15, 0.2) is 36.4 Å². The monoisotopic (exact) mass is 233 g/mol. The van der Waals surface area contributed by atoms with Crippen LogP contribution in [0.3, 0.4) is 0 Å². The van der Waals surface area contributed by atoms with Gasteiger partial charge in [-0.05, 0) is 30.5 Å². The molecule has 0 fully saturated rings. The first-order valence-electron chi connectivity index (χ1n) is 6.90. The first-order chi connectivity index (χ1) is 8.84. The zero-order chi connectivity index (χ0) is 12.1. The molecule has 0 heterocycles. The summed E-state index contributed by atoms with van der Waals surface area (Å²) in [6, 6.07) is 13.6. The molecule has 0 atom stereocenters. The van der Waals surface area contributed by atoms with Gasteiger partial charge in [0.25, 0.3) is 0 Å². The molecule has 0 bridgehead atoms. The van der Waals surface area contributed by atoms with Gasteiger partial charge in [-0.15, -0.1) is 0 Å². The molecule has 0 saturated carbocycles. The van der Waals surface area contributed by atoms with Crippen LogP contribution in [0.1, 0.15) is 35.6 Å². The molecule has 0 aromatic heterocycles. The van der Waals surface area contributed by atoms with Crippen LogP contribution in [-0.2, 0) is 19.3 Å². The minimum Gasteiger partial charge on any atom is -0.0618 e. The zero-order valence-electron chi connectivity index (χ0n) is 10.8. The zero-order valence-corrected chi connectivity index (χ0v) is 10.8. The van der Waals surface area contributed by atoms with Crippen molar-refractivity contribution in [3.8, 4) is 11.1 Å². The molecular formula is C18H17+. The van der Waals surface area contributed by atoms with Crippen molar-refractivity contribution < 1.29 is 0 Å². The van der Waals surface area contributed by atoms with E-state index in [4.69, 9.17) is 0 Å². The van der Waals surface area contributed by atoms with E-state index in [2.05, 4.69) is 43.3 Å². The lowest BCUT2D eigenvalue weighted by Gasteiger charge is -2.20. The van der Waals surface area contributed by atoms with Crippen molar-refractivity contribution in [2.45, 2.75) is 32.6 Å². The molecule has 88 valence electrons. The Kier molecular flexibility index (Phi) is 2.08. The maximum Gasteiger partial charge on any atom is 0.144 e. The molecule has 0 nitrogen and oxygen atoms in total. The summed E-state index contributed by atoms with van der Waals surface area (Å²) in [5, 5.41) is 0. The van der Waals surface area contributed by atoms with E-state index >= 15 is 0 Å². The highest BCUT2D eigenvalue weighted by Crippen LogP contribution is 2.43. The highest BCUT2D eigenvalue weighted by molar-refractivity contribution is 5.78. The Morgan fingerprint density at radius 3 is 2.72 bits per heavy atom. The quantitative estimate of drug-likeness (QED) is 0.594. The van der Waals surface area contributed by atoms with Crippen molar-refractivity contribution in [3.05, 3.63) is 64.6 Å². The lowest BCUT2D eigenvalue weighted by Crippen LogP contribution is -2.12. The Labute approximate surface area is 109 Å². The summed E-state index contributed by atoms with van der Waals surface area (Å²) in [4.78, 5) is 0. The Morgan fingerprint density at radius 1 is 0.889 bits per heavy atom. The first kappa shape index (κ1) is 10.3. The van der Waals surface area contributed by atoms with Gasteiger partial charge < -0.3 is 0 Å². The first-order valence-corrected chi connectivity index (χ1v) is 6.90. The Balaban J connectivity index is 2.03.